The number of halogens is 1. The second-order valence-corrected chi connectivity index (χ2v) is 10.3. The molecular formula is C17H20ClN3O4S4. The summed E-state index contributed by atoms with van der Waals surface area (Å²) in [4.78, 5) is 13.9. The maximum absolute atomic E-state index is 12.5. The van der Waals surface area contributed by atoms with E-state index in [9.17, 15) is 13.2 Å². The molecule has 0 saturated heterocycles. The van der Waals surface area contributed by atoms with Crippen molar-refractivity contribution >= 4 is 68.0 Å². The van der Waals surface area contributed by atoms with Gasteiger partial charge in [0.2, 0.25) is 0 Å². The molecule has 0 radical (unpaired) electrons. The second-order valence-electron chi connectivity index (χ2n) is 5.60. The van der Waals surface area contributed by atoms with Gasteiger partial charge in [0.25, 0.3) is 15.9 Å². The number of methoxy groups -OCH3 is 1. The molecule has 0 bridgehead atoms. The number of rotatable bonds is 8. The Balaban J connectivity index is 2.09. The average molecular weight is 494 g/mol. The van der Waals surface area contributed by atoms with E-state index in [0.29, 0.717) is 34.2 Å². The minimum Gasteiger partial charge on any atom is -0.496 e. The molecule has 1 amide bonds. The molecule has 2 rings (SSSR count). The van der Waals surface area contributed by atoms with Gasteiger partial charge in [-0.15, -0.1) is 23.1 Å². The Hall–Kier alpha value is -1.53. The van der Waals surface area contributed by atoms with Crippen molar-refractivity contribution in [1.29, 1.82) is 0 Å². The molecule has 7 nitrogen and oxygen atoms in total. The standard InChI is InChI=1S/C17H20ClN3O4S4/c1-19-17(26)21-29(23,24)16-14(27-3)9-11(28-16)6-7-20-15(22)12-8-10(18)4-5-13(12)25-2/h4-5,8-9H,6-7H2,1-3H3,(H,20,22)(H2,19,21,26). The van der Waals surface area contributed by atoms with Gasteiger partial charge in [-0.3, -0.25) is 9.52 Å². The highest BCUT2D eigenvalue weighted by Crippen LogP contribution is 2.33. The van der Waals surface area contributed by atoms with E-state index >= 15 is 0 Å². The van der Waals surface area contributed by atoms with Crippen LogP contribution in [0.5, 0.6) is 5.75 Å². The summed E-state index contributed by atoms with van der Waals surface area (Å²) in [5.74, 6) is 0.104. The molecule has 0 aliphatic carbocycles. The van der Waals surface area contributed by atoms with Crippen molar-refractivity contribution in [3.8, 4) is 5.75 Å². The highest BCUT2D eigenvalue weighted by Gasteiger charge is 2.23. The van der Waals surface area contributed by atoms with E-state index in [1.807, 2.05) is 0 Å². The number of benzene rings is 1. The summed E-state index contributed by atoms with van der Waals surface area (Å²) in [5, 5.41) is 5.84. The summed E-state index contributed by atoms with van der Waals surface area (Å²) in [6.45, 7) is 0.324. The van der Waals surface area contributed by atoms with Gasteiger partial charge in [0.05, 0.1) is 12.7 Å². The van der Waals surface area contributed by atoms with Crippen molar-refractivity contribution in [2.75, 3.05) is 27.0 Å². The average Bonchev–Trinajstić information content (AvgIpc) is 3.11. The van der Waals surface area contributed by atoms with Crippen LogP contribution in [0.25, 0.3) is 0 Å². The number of nitrogens with one attached hydrogen (secondary N) is 3. The quantitative estimate of drug-likeness (QED) is 0.384. The minimum atomic E-state index is -3.77. The molecule has 0 unspecified atom stereocenters. The van der Waals surface area contributed by atoms with E-state index in [-0.39, 0.29) is 15.2 Å². The van der Waals surface area contributed by atoms with Gasteiger partial charge in [0.15, 0.2) is 9.32 Å². The van der Waals surface area contributed by atoms with Gasteiger partial charge in [-0.05, 0) is 49.2 Å². The minimum absolute atomic E-state index is 0.0229. The SMILES string of the molecule is CNC(=S)NS(=O)(=O)c1sc(CCNC(=O)c2cc(Cl)ccc2OC)cc1SC. The Kier molecular flexibility index (Phi) is 8.58. The number of thiocarbonyl (C=S) groups is 1. The van der Waals surface area contributed by atoms with Gasteiger partial charge in [-0.2, -0.15) is 0 Å². The Bertz CT molecular complexity index is 1010. The van der Waals surface area contributed by atoms with Crippen LogP contribution in [0.4, 0.5) is 0 Å². The van der Waals surface area contributed by atoms with Crippen molar-refractivity contribution in [3.05, 3.63) is 39.7 Å². The zero-order valence-corrected chi connectivity index (χ0v) is 19.9. The monoisotopic (exact) mass is 493 g/mol. The molecule has 0 spiro atoms. The smallest absolute Gasteiger partial charge is 0.274 e. The number of thiophene rings is 1. The second kappa shape index (κ2) is 10.5. The maximum Gasteiger partial charge on any atom is 0.274 e. The number of carbonyl (C=O) groups excluding carboxylic acids is 1. The number of sulfonamides is 1. The molecule has 2 aromatic rings. The lowest BCUT2D eigenvalue weighted by Crippen LogP contribution is -2.36. The number of hydrogen-bond donors (Lipinski definition) is 3. The van der Waals surface area contributed by atoms with Crippen LogP contribution >= 0.6 is 46.9 Å². The lowest BCUT2D eigenvalue weighted by molar-refractivity contribution is 0.0951. The summed E-state index contributed by atoms with van der Waals surface area (Å²) in [6.07, 6.45) is 2.27. The summed E-state index contributed by atoms with van der Waals surface area (Å²) < 4.78 is 32.8. The molecule has 158 valence electrons. The number of amides is 1. The zero-order valence-electron chi connectivity index (χ0n) is 15.9. The van der Waals surface area contributed by atoms with E-state index in [4.69, 9.17) is 28.6 Å². The first-order valence-corrected chi connectivity index (χ1v) is 12.6. The molecule has 12 heteroatoms. The highest BCUT2D eigenvalue weighted by molar-refractivity contribution is 8.00. The van der Waals surface area contributed by atoms with Gasteiger partial charge in [0, 0.05) is 28.4 Å². The van der Waals surface area contributed by atoms with Crippen molar-refractivity contribution in [1.82, 2.24) is 15.4 Å². The van der Waals surface area contributed by atoms with Gasteiger partial charge in [0.1, 0.15) is 5.75 Å². The molecule has 1 heterocycles. The summed E-state index contributed by atoms with van der Waals surface area (Å²) in [5.41, 5.74) is 0.337. The number of thioether (sulfide) groups is 1. The van der Waals surface area contributed by atoms with E-state index in [2.05, 4.69) is 15.4 Å². The van der Waals surface area contributed by atoms with E-state index in [1.165, 1.54) is 32.0 Å². The van der Waals surface area contributed by atoms with Crippen LogP contribution in [0.1, 0.15) is 15.2 Å². The fourth-order valence-corrected chi connectivity index (χ4v) is 6.71. The summed E-state index contributed by atoms with van der Waals surface area (Å²) >= 11 is 13.3. The van der Waals surface area contributed by atoms with Crippen molar-refractivity contribution in [2.45, 2.75) is 15.5 Å². The summed E-state index contributed by atoms with van der Waals surface area (Å²) in [7, 11) is -0.749. The Morgan fingerprint density at radius 3 is 2.69 bits per heavy atom. The molecular weight excluding hydrogens is 474 g/mol. The predicted molar refractivity (Wildman–Crippen MR) is 122 cm³/mol. The van der Waals surface area contributed by atoms with Crippen LogP contribution in [-0.2, 0) is 16.4 Å². The molecule has 0 atom stereocenters. The van der Waals surface area contributed by atoms with Gasteiger partial charge >= 0.3 is 0 Å². The molecule has 3 N–H and O–H groups in total. The molecule has 29 heavy (non-hydrogen) atoms. The van der Waals surface area contributed by atoms with Crippen LogP contribution in [0.3, 0.4) is 0 Å². The van der Waals surface area contributed by atoms with Crippen LogP contribution in [0.15, 0.2) is 33.4 Å². The largest absolute Gasteiger partial charge is 0.496 e. The van der Waals surface area contributed by atoms with Crippen molar-refractivity contribution in [3.63, 3.8) is 0 Å². The molecule has 0 saturated carbocycles. The Morgan fingerprint density at radius 1 is 1.34 bits per heavy atom. The third-order valence-corrected chi connectivity index (χ3v) is 8.47. The van der Waals surface area contributed by atoms with Crippen molar-refractivity contribution < 1.29 is 17.9 Å². The Morgan fingerprint density at radius 2 is 2.07 bits per heavy atom. The van der Waals surface area contributed by atoms with Gasteiger partial charge in [-0.25, -0.2) is 8.42 Å². The first-order chi connectivity index (χ1) is 13.7. The fraction of sp³-hybridized carbons (Fsp3) is 0.294. The number of carbonyl (C=O) groups is 1. The molecule has 0 aliphatic rings. The summed E-state index contributed by atoms with van der Waals surface area (Å²) in [6, 6.07) is 6.61. The zero-order chi connectivity index (χ0) is 21.6. The third-order valence-electron chi connectivity index (χ3n) is 3.70. The highest BCUT2D eigenvalue weighted by atomic mass is 35.5. The van der Waals surface area contributed by atoms with Crippen molar-refractivity contribution in [2.24, 2.45) is 0 Å². The van der Waals surface area contributed by atoms with Crippen LogP contribution < -0.4 is 20.1 Å². The first-order valence-electron chi connectivity index (χ1n) is 8.24. The van der Waals surface area contributed by atoms with Crippen LogP contribution in [0, 0.1) is 0 Å². The van der Waals surface area contributed by atoms with E-state index < -0.39 is 10.0 Å². The lowest BCUT2D eigenvalue weighted by atomic mass is 10.2. The molecule has 0 aliphatic heterocycles. The molecule has 0 fully saturated rings. The molecule has 1 aromatic carbocycles. The predicted octanol–water partition coefficient (Wildman–Crippen LogP) is 2.89. The number of ether oxygens (including phenoxy) is 1. The van der Waals surface area contributed by atoms with E-state index in [0.717, 1.165) is 16.2 Å². The van der Waals surface area contributed by atoms with Crippen LogP contribution in [-0.4, -0.2) is 46.4 Å². The maximum atomic E-state index is 12.5. The lowest BCUT2D eigenvalue weighted by Gasteiger charge is -2.09. The third kappa shape index (κ3) is 6.22. The Labute approximate surface area is 188 Å². The topological polar surface area (TPSA) is 96.5 Å². The van der Waals surface area contributed by atoms with Gasteiger partial charge in [-0.1, -0.05) is 11.6 Å². The van der Waals surface area contributed by atoms with Crippen LogP contribution in [0.2, 0.25) is 5.02 Å². The number of hydrogen-bond acceptors (Lipinski definition) is 7. The first kappa shape index (κ1) is 23.7. The molecule has 1 aromatic heterocycles. The van der Waals surface area contributed by atoms with Gasteiger partial charge < -0.3 is 15.4 Å². The normalized spacial score (nSPS) is 11.0. The fourth-order valence-electron chi connectivity index (χ4n) is 2.33. The van der Waals surface area contributed by atoms with E-state index in [1.54, 1.807) is 24.5 Å².